The fraction of sp³-hybridized carbons (Fsp3) is 0.700. The predicted octanol–water partition coefficient (Wildman–Crippen LogP) is 2.96. The molecular weight excluding hydrogens is 526 g/mol. The number of imide groups is 1. The van der Waals surface area contributed by atoms with Crippen molar-refractivity contribution in [1.29, 1.82) is 0 Å². The summed E-state index contributed by atoms with van der Waals surface area (Å²) < 4.78 is 26.8. The smallest absolute Gasteiger partial charge is 0.233 e. The quantitative estimate of drug-likeness (QED) is 0.497. The van der Waals surface area contributed by atoms with Gasteiger partial charge in [0, 0.05) is 30.4 Å². The average molecular weight is 568 g/mol. The molecule has 2 N–H and O–H groups in total. The van der Waals surface area contributed by atoms with Gasteiger partial charge in [-0.25, -0.2) is 13.1 Å². The molecule has 2 aromatic rings. The Morgan fingerprint density at radius 3 is 2.38 bits per heavy atom. The lowest BCUT2D eigenvalue weighted by atomic mass is 9.73. The lowest BCUT2D eigenvalue weighted by Gasteiger charge is -2.35. The Balaban J connectivity index is 0.977. The van der Waals surface area contributed by atoms with Crippen LogP contribution in [0.5, 0.6) is 0 Å². The zero-order valence-electron chi connectivity index (χ0n) is 23.5. The maximum atomic E-state index is 13.6. The van der Waals surface area contributed by atoms with Crippen LogP contribution >= 0.6 is 0 Å². The van der Waals surface area contributed by atoms with E-state index in [0.717, 1.165) is 63.7 Å². The predicted molar refractivity (Wildman–Crippen MR) is 152 cm³/mol. The van der Waals surface area contributed by atoms with E-state index in [4.69, 9.17) is 0 Å². The van der Waals surface area contributed by atoms with Crippen molar-refractivity contribution < 1.29 is 18.0 Å². The summed E-state index contributed by atoms with van der Waals surface area (Å²) in [5.41, 5.74) is 2.30. The number of piperidine rings is 1. The number of nitrogens with zero attached hydrogens (tertiary/aromatic N) is 3. The third kappa shape index (κ3) is 4.41. The fourth-order valence-corrected chi connectivity index (χ4v) is 10.2. The molecule has 0 radical (unpaired) electrons. The number of rotatable bonds is 7. The van der Waals surface area contributed by atoms with Gasteiger partial charge in [0.05, 0.1) is 29.3 Å². The van der Waals surface area contributed by atoms with Crippen LogP contribution in [-0.2, 0) is 19.6 Å². The number of fused-ring (bicyclic) bond motifs is 6. The molecule has 2 amide bonds. The minimum absolute atomic E-state index is 0.00449. The molecule has 5 fully saturated rings. The van der Waals surface area contributed by atoms with Gasteiger partial charge >= 0.3 is 0 Å². The normalized spacial score (nSPS) is 36.8. The van der Waals surface area contributed by atoms with Gasteiger partial charge in [-0.1, -0.05) is 31.5 Å². The fourth-order valence-electron chi connectivity index (χ4n) is 9.32. The molecule has 2 saturated heterocycles. The third-order valence-electron chi connectivity index (χ3n) is 11.2. The van der Waals surface area contributed by atoms with Gasteiger partial charge in [-0.15, -0.1) is 0 Å². The molecular formula is C30H41N5O4S. The van der Waals surface area contributed by atoms with Crippen molar-refractivity contribution in [1.82, 2.24) is 24.7 Å². The van der Waals surface area contributed by atoms with Crippen molar-refractivity contribution >= 4 is 32.7 Å². The highest BCUT2D eigenvalue weighted by atomic mass is 32.2. The summed E-state index contributed by atoms with van der Waals surface area (Å²) in [6.45, 7) is 5.70. The second-order valence-electron chi connectivity index (χ2n) is 13.4. The van der Waals surface area contributed by atoms with E-state index in [1.54, 1.807) is 4.90 Å². The number of aromatic amines is 1. The monoisotopic (exact) mass is 567 g/mol. The van der Waals surface area contributed by atoms with Gasteiger partial charge in [0.15, 0.2) is 0 Å². The average Bonchev–Trinajstić information content (AvgIpc) is 3.73. The molecule has 8 atom stereocenters. The van der Waals surface area contributed by atoms with Crippen molar-refractivity contribution in [3.63, 3.8) is 0 Å². The summed E-state index contributed by atoms with van der Waals surface area (Å²) in [6.07, 6.45) is 7.51. The van der Waals surface area contributed by atoms with E-state index in [-0.39, 0.29) is 47.4 Å². The highest BCUT2D eigenvalue weighted by molar-refractivity contribution is 7.88. The van der Waals surface area contributed by atoms with Gasteiger partial charge in [-0.05, 0) is 80.8 Å². The molecule has 1 aromatic heterocycles. The lowest BCUT2D eigenvalue weighted by Crippen LogP contribution is -2.48. The van der Waals surface area contributed by atoms with Crippen LogP contribution in [0.2, 0.25) is 0 Å². The number of sulfonamides is 1. The van der Waals surface area contributed by atoms with Gasteiger partial charge in [0.1, 0.15) is 0 Å². The zero-order valence-corrected chi connectivity index (χ0v) is 24.3. The topological polar surface area (TPSA) is 115 Å². The van der Waals surface area contributed by atoms with Crippen molar-refractivity contribution in [3.8, 4) is 0 Å². The number of nitrogens with one attached hydrogen (secondary N) is 2. The Labute approximate surface area is 236 Å². The largest absolute Gasteiger partial charge is 0.303 e. The molecule has 3 aliphatic carbocycles. The molecule has 40 heavy (non-hydrogen) atoms. The van der Waals surface area contributed by atoms with E-state index in [1.807, 2.05) is 13.0 Å². The second-order valence-corrected chi connectivity index (χ2v) is 15.1. The van der Waals surface area contributed by atoms with E-state index in [9.17, 15) is 18.0 Å². The number of hydrogen-bond donors (Lipinski definition) is 2. The van der Waals surface area contributed by atoms with E-state index >= 15 is 0 Å². The van der Waals surface area contributed by atoms with Crippen molar-refractivity contribution in [3.05, 3.63) is 30.0 Å². The Morgan fingerprint density at radius 1 is 0.975 bits per heavy atom. The maximum Gasteiger partial charge on any atom is 0.233 e. The van der Waals surface area contributed by atoms with Crippen molar-refractivity contribution in [2.24, 2.45) is 41.4 Å². The first-order chi connectivity index (χ1) is 19.2. The van der Waals surface area contributed by atoms with Gasteiger partial charge in [0.2, 0.25) is 21.8 Å². The van der Waals surface area contributed by atoms with Crippen LogP contribution in [0.4, 0.5) is 0 Å². The maximum absolute atomic E-state index is 13.6. The summed E-state index contributed by atoms with van der Waals surface area (Å²) in [6, 6.07) is 8.11. The van der Waals surface area contributed by atoms with Crippen LogP contribution < -0.4 is 4.72 Å². The molecule has 3 heterocycles. The zero-order chi connectivity index (χ0) is 27.8. The lowest BCUT2D eigenvalue weighted by molar-refractivity contribution is -0.141. The highest BCUT2D eigenvalue weighted by Crippen LogP contribution is 2.59. The van der Waals surface area contributed by atoms with Gasteiger partial charge < -0.3 is 4.90 Å². The summed E-state index contributed by atoms with van der Waals surface area (Å²) in [5.74, 6) is 0.740. The van der Waals surface area contributed by atoms with Crippen LogP contribution in [0, 0.1) is 41.4 Å². The number of amides is 2. The van der Waals surface area contributed by atoms with Crippen LogP contribution in [-0.4, -0.2) is 78.7 Å². The number of likely N-dealkylation sites (tertiary alicyclic amines) is 2. The van der Waals surface area contributed by atoms with Gasteiger partial charge in [-0.2, -0.15) is 5.10 Å². The minimum atomic E-state index is -3.37. The highest BCUT2D eigenvalue weighted by Gasteiger charge is 2.66. The summed E-state index contributed by atoms with van der Waals surface area (Å²) in [4.78, 5) is 31.4. The first-order valence-corrected chi connectivity index (χ1v) is 17.1. The standard InChI is InChI=1S/C30H41N5O4S/c1-17-22-14-23(27(17)33-40(2,38)39)26-25(22)29(36)35(30(26)37)16-20-7-5-6-19(20)15-34-12-10-18(11-13-34)28-21-8-3-4-9-24(21)31-32-28/h3-4,8-9,17-20,22-23,25-27,33H,5-7,10-16H2,1-2H3,(H,31,32)/t17?,19-,20-,22?,23?,25?,26?,27?/m1/s1. The Kier molecular flexibility index (Phi) is 6.59. The number of para-hydroxylation sites is 1. The molecule has 10 heteroatoms. The molecule has 0 spiro atoms. The van der Waals surface area contributed by atoms with Crippen LogP contribution in [0.1, 0.15) is 57.1 Å². The minimum Gasteiger partial charge on any atom is -0.303 e. The molecule has 2 aliphatic heterocycles. The van der Waals surface area contributed by atoms with E-state index in [0.29, 0.717) is 24.3 Å². The number of benzene rings is 1. The molecule has 9 nitrogen and oxygen atoms in total. The number of carbonyl (C=O) groups is 2. The molecule has 5 aliphatic rings. The molecule has 2 bridgehead atoms. The number of H-pyrrole nitrogens is 1. The van der Waals surface area contributed by atoms with Crippen LogP contribution in [0.25, 0.3) is 10.9 Å². The first kappa shape index (κ1) is 26.6. The first-order valence-electron chi connectivity index (χ1n) is 15.2. The Bertz CT molecular complexity index is 1420. The Morgan fingerprint density at radius 2 is 1.65 bits per heavy atom. The van der Waals surface area contributed by atoms with Gasteiger partial charge in [0.25, 0.3) is 0 Å². The summed E-state index contributed by atoms with van der Waals surface area (Å²) >= 11 is 0. The summed E-state index contributed by atoms with van der Waals surface area (Å²) in [5, 5.41) is 9.08. The van der Waals surface area contributed by atoms with Crippen LogP contribution in [0.3, 0.4) is 0 Å². The summed E-state index contributed by atoms with van der Waals surface area (Å²) in [7, 11) is -3.37. The molecule has 216 valence electrons. The molecule has 7 rings (SSSR count). The molecule has 3 saturated carbocycles. The van der Waals surface area contributed by atoms with Crippen LogP contribution in [0.15, 0.2) is 24.3 Å². The van der Waals surface area contributed by atoms with Crippen molar-refractivity contribution in [2.45, 2.75) is 57.4 Å². The second kappa shape index (κ2) is 9.91. The molecule has 6 unspecified atom stereocenters. The van der Waals surface area contributed by atoms with Gasteiger partial charge in [-0.3, -0.25) is 19.6 Å². The number of carbonyl (C=O) groups excluding carboxylic acids is 2. The molecule has 1 aromatic carbocycles. The Hall–Kier alpha value is -2.30. The number of hydrogen-bond acceptors (Lipinski definition) is 6. The number of aromatic nitrogens is 2. The van der Waals surface area contributed by atoms with E-state index < -0.39 is 10.0 Å². The van der Waals surface area contributed by atoms with E-state index in [1.165, 1.54) is 17.3 Å². The van der Waals surface area contributed by atoms with E-state index in [2.05, 4.69) is 38.0 Å². The third-order valence-corrected chi connectivity index (χ3v) is 11.9. The SMILES string of the molecule is CC1C2CC(C1NS(C)(=O)=O)C1C(=O)N(C[C@H]3CCC[C@@H]3CN3CCC(c4n[nH]c5ccccc45)CC3)C(=O)C21. The van der Waals surface area contributed by atoms with Crippen molar-refractivity contribution in [2.75, 3.05) is 32.4 Å².